The van der Waals surface area contributed by atoms with E-state index < -0.39 is 5.54 Å². The molecule has 1 aliphatic carbocycles. The molecule has 0 radical (unpaired) electrons. The van der Waals surface area contributed by atoms with Gasteiger partial charge in [0, 0.05) is 20.2 Å². The van der Waals surface area contributed by atoms with Crippen molar-refractivity contribution in [1.29, 1.82) is 0 Å². The number of nitrogens with two attached hydrogens (primary N) is 1. The predicted molar refractivity (Wildman–Crippen MR) is 83.5 cm³/mol. The predicted octanol–water partition coefficient (Wildman–Crippen LogP) is 4.33. The first-order valence-corrected chi connectivity index (χ1v) is 7.16. The second kappa shape index (κ2) is 3.80. The lowest BCUT2D eigenvalue weighted by Gasteiger charge is -2.20. The fourth-order valence-corrected chi connectivity index (χ4v) is 4.05. The van der Waals surface area contributed by atoms with Gasteiger partial charge in [-0.25, -0.2) is 0 Å². The third-order valence-corrected chi connectivity index (χ3v) is 4.95. The second-order valence-electron chi connectivity index (χ2n) is 4.93. The van der Waals surface area contributed by atoms with Gasteiger partial charge in [0.15, 0.2) is 0 Å². The molecule has 3 aromatic rings. The zero-order chi connectivity index (χ0) is 12.9. The van der Waals surface area contributed by atoms with Crippen molar-refractivity contribution in [1.82, 2.24) is 0 Å². The summed E-state index contributed by atoms with van der Waals surface area (Å²) in [6.07, 6.45) is 8.16. The monoisotopic (exact) mass is 263 g/mol. The molecular weight excluding hydrogens is 250 g/mol. The van der Waals surface area contributed by atoms with Crippen LogP contribution in [-0.2, 0) is 5.54 Å². The summed E-state index contributed by atoms with van der Waals surface area (Å²) in [6.45, 7) is 0. The van der Waals surface area contributed by atoms with Gasteiger partial charge in [-0.3, -0.25) is 0 Å². The van der Waals surface area contributed by atoms with E-state index in [0.717, 1.165) is 0 Å². The molecule has 2 aromatic carbocycles. The SMILES string of the molecule is NC1(c2cccc3c2sc2ccccc23)C=CC=C1. The molecule has 1 aliphatic rings. The van der Waals surface area contributed by atoms with Gasteiger partial charge in [-0.1, -0.05) is 60.7 Å². The third-order valence-electron chi connectivity index (χ3n) is 3.73. The van der Waals surface area contributed by atoms with E-state index in [0.29, 0.717) is 0 Å². The van der Waals surface area contributed by atoms with E-state index in [1.807, 2.05) is 23.5 Å². The van der Waals surface area contributed by atoms with Crippen molar-refractivity contribution in [3.8, 4) is 0 Å². The van der Waals surface area contributed by atoms with Crippen LogP contribution in [0.5, 0.6) is 0 Å². The third kappa shape index (κ3) is 1.51. The molecule has 0 amide bonds. The molecule has 4 rings (SSSR count). The zero-order valence-corrected chi connectivity index (χ0v) is 11.2. The lowest BCUT2D eigenvalue weighted by molar-refractivity contribution is 0.732. The van der Waals surface area contributed by atoms with Crippen LogP contribution in [0.1, 0.15) is 5.56 Å². The van der Waals surface area contributed by atoms with Crippen LogP contribution >= 0.6 is 11.3 Å². The Bertz CT molecular complexity index is 827. The molecule has 0 bridgehead atoms. The van der Waals surface area contributed by atoms with Crippen molar-refractivity contribution >= 4 is 31.5 Å². The number of hydrogen-bond acceptors (Lipinski definition) is 2. The van der Waals surface area contributed by atoms with Crippen LogP contribution in [0.2, 0.25) is 0 Å². The first-order valence-electron chi connectivity index (χ1n) is 6.35. The van der Waals surface area contributed by atoms with Crippen LogP contribution in [0.25, 0.3) is 20.2 Å². The Morgan fingerprint density at radius 1 is 0.842 bits per heavy atom. The Morgan fingerprint density at radius 2 is 1.58 bits per heavy atom. The number of fused-ring (bicyclic) bond motifs is 3. The Balaban J connectivity index is 2.12. The van der Waals surface area contributed by atoms with Crippen molar-refractivity contribution in [2.24, 2.45) is 5.73 Å². The largest absolute Gasteiger partial charge is 0.315 e. The molecule has 0 saturated carbocycles. The Labute approximate surface area is 115 Å². The Kier molecular flexibility index (Phi) is 2.19. The molecule has 92 valence electrons. The van der Waals surface area contributed by atoms with Crippen LogP contribution in [0.15, 0.2) is 66.8 Å². The van der Waals surface area contributed by atoms with E-state index in [1.54, 1.807) is 0 Å². The molecule has 0 atom stereocenters. The molecule has 1 heterocycles. The van der Waals surface area contributed by atoms with Crippen LogP contribution in [0, 0.1) is 0 Å². The normalized spacial score (nSPS) is 16.7. The molecular formula is C17H13NS. The first-order chi connectivity index (χ1) is 9.28. The lowest BCUT2D eigenvalue weighted by atomic mass is 9.91. The van der Waals surface area contributed by atoms with Gasteiger partial charge >= 0.3 is 0 Å². The molecule has 0 spiro atoms. The molecule has 0 saturated heterocycles. The highest BCUT2D eigenvalue weighted by Crippen LogP contribution is 2.40. The summed E-state index contributed by atoms with van der Waals surface area (Å²) in [7, 11) is 0. The fourth-order valence-electron chi connectivity index (χ4n) is 2.75. The summed E-state index contributed by atoms with van der Waals surface area (Å²) in [5, 5.41) is 2.62. The van der Waals surface area contributed by atoms with Gasteiger partial charge in [0.05, 0.1) is 5.54 Å². The Morgan fingerprint density at radius 3 is 2.42 bits per heavy atom. The minimum atomic E-state index is -0.458. The van der Waals surface area contributed by atoms with Crippen molar-refractivity contribution < 1.29 is 0 Å². The van der Waals surface area contributed by atoms with Gasteiger partial charge in [0.2, 0.25) is 0 Å². The number of rotatable bonds is 1. The molecule has 19 heavy (non-hydrogen) atoms. The summed E-state index contributed by atoms with van der Waals surface area (Å²) in [5.41, 5.74) is 7.23. The molecule has 2 heteroatoms. The van der Waals surface area contributed by atoms with Crippen LogP contribution < -0.4 is 5.73 Å². The van der Waals surface area contributed by atoms with E-state index in [9.17, 15) is 0 Å². The quantitative estimate of drug-likeness (QED) is 0.694. The van der Waals surface area contributed by atoms with Crippen LogP contribution in [-0.4, -0.2) is 0 Å². The fraction of sp³-hybridized carbons (Fsp3) is 0.0588. The van der Waals surface area contributed by atoms with Gasteiger partial charge in [-0.2, -0.15) is 0 Å². The van der Waals surface area contributed by atoms with E-state index in [4.69, 9.17) is 5.73 Å². The summed E-state index contributed by atoms with van der Waals surface area (Å²) in [5.74, 6) is 0. The van der Waals surface area contributed by atoms with Gasteiger partial charge in [-0.05, 0) is 11.6 Å². The van der Waals surface area contributed by atoms with E-state index >= 15 is 0 Å². The molecule has 1 nitrogen and oxygen atoms in total. The standard InChI is InChI=1S/C17H13NS/c18-17(10-3-4-11-17)14-8-5-7-13-12-6-1-2-9-15(12)19-16(13)14/h1-11H,18H2. The maximum absolute atomic E-state index is 6.50. The molecule has 0 aliphatic heterocycles. The highest BCUT2D eigenvalue weighted by molar-refractivity contribution is 7.26. The van der Waals surface area contributed by atoms with E-state index in [-0.39, 0.29) is 0 Å². The maximum atomic E-state index is 6.50. The molecule has 1 aromatic heterocycles. The molecule has 0 fully saturated rings. The van der Waals surface area contributed by atoms with Crippen molar-refractivity contribution in [2.45, 2.75) is 5.54 Å². The summed E-state index contributed by atoms with van der Waals surface area (Å²) in [4.78, 5) is 0. The maximum Gasteiger partial charge on any atom is 0.0802 e. The van der Waals surface area contributed by atoms with E-state index in [2.05, 4.69) is 54.6 Å². The van der Waals surface area contributed by atoms with Crippen molar-refractivity contribution in [3.05, 3.63) is 72.3 Å². The van der Waals surface area contributed by atoms with E-state index in [1.165, 1.54) is 25.7 Å². The molecule has 0 unspecified atom stereocenters. The minimum absolute atomic E-state index is 0.458. The Hall–Kier alpha value is -1.90. The van der Waals surface area contributed by atoms with Crippen molar-refractivity contribution in [3.63, 3.8) is 0 Å². The number of hydrogen-bond donors (Lipinski definition) is 1. The van der Waals surface area contributed by atoms with Gasteiger partial charge < -0.3 is 5.73 Å². The second-order valence-corrected chi connectivity index (χ2v) is 5.98. The summed E-state index contributed by atoms with van der Waals surface area (Å²) >= 11 is 1.83. The highest BCUT2D eigenvalue weighted by Gasteiger charge is 2.26. The van der Waals surface area contributed by atoms with Crippen LogP contribution in [0.4, 0.5) is 0 Å². The summed E-state index contributed by atoms with van der Waals surface area (Å²) < 4.78 is 2.61. The van der Waals surface area contributed by atoms with Crippen LogP contribution in [0.3, 0.4) is 0 Å². The average molecular weight is 263 g/mol. The van der Waals surface area contributed by atoms with Gasteiger partial charge in [0.25, 0.3) is 0 Å². The van der Waals surface area contributed by atoms with Crippen molar-refractivity contribution in [2.75, 3.05) is 0 Å². The number of benzene rings is 2. The number of allylic oxidation sites excluding steroid dienone is 2. The van der Waals surface area contributed by atoms with Gasteiger partial charge in [0.1, 0.15) is 0 Å². The summed E-state index contributed by atoms with van der Waals surface area (Å²) in [6, 6.07) is 15.0. The number of thiophene rings is 1. The molecule has 2 N–H and O–H groups in total. The zero-order valence-electron chi connectivity index (χ0n) is 10.3. The smallest absolute Gasteiger partial charge is 0.0802 e. The lowest BCUT2D eigenvalue weighted by Crippen LogP contribution is -2.30. The minimum Gasteiger partial charge on any atom is -0.315 e. The van der Waals surface area contributed by atoms with Gasteiger partial charge in [-0.15, -0.1) is 11.3 Å². The topological polar surface area (TPSA) is 26.0 Å². The average Bonchev–Trinajstić information content (AvgIpc) is 3.02. The first kappa shape index (κ1) is 11.0. The highest BCUT2D eigenvalue weighted by atomic mass is 32.1.